The van der Waals surface area contributed by atoms with Crippen LogP contribution in [0, 0.1) is 12.7 Å². The third-order valence-electron chi connectivity index (χ3n) is 3.07. The van der Waals surface area contributed by atoms with Crippen molar-refractivity contribution in [3.8, 4) is 17.3 Å². The number of aromatic nitrogens is 2. The fraction of sp³-hybridized carbons (Fsp3) is 0.0625. The van der Waals surface area contributed by atoms with E-state index < -0.39 is 5.82 Å². The quantitative estimate of drug-likeness (QED) is 0.731. The van der Waals surface area contributed by atoms with E-state index in [0.29, 0.717) is 23.0 Å². The Balaban J connectivity index is 2.05. The monoisotopic (exact) mass is 317 g/mol. The minimum Gasteiger partial charge on any atom is -0.437 e. The molecule has 3 rings (SSSR count). The zero-order chi connectivity index (χ0) is 15.7. The number of nitrogens with zero attached hydrogens (tertiary/aromatic N) is 2. The van der Waals surface area contributed by atoms with Crippen LogP contribution in [0.1, 0.15) is 5.69 Å². The van der Waals surface area contributed by atoms with Gasteiger partial charge in [0.1, 0.15) is 5.82 Å². The highest BCUT2D eigenvalue weighted by Gasteiger charge is 2.14. The Hall–Kier alpha value is -2.53. The van der Waals surface area contributed by atoms with Gasteiger partial charge in [-0.15, -0.1) is 0 Å². The number of ether oxygens (including phenoxy) is 1. The van der Waals surface area contributed by atoms with Gasteiger partial charge in [-0.25, -0.2) is 4.39 Å². The maximum absolute atomic E-state index is 13.2. The van der Waals surface area contributed by atoms with E-state index in [4.69, 9.17) is 22.1 Å². The molecule has 0 fully saturated rings. The van der Waals surface area contributed by atoms with Gasteiger partial charge in [-0.2, -0.15) is 9.78 Å². The predicted octanol–water partition coefficient (Wildman–Crippen LogP) is 4.35. The summed E-state index contributed by atoms with van der Waals surface area (Å²) in [6.07, 6.45) is 0. The van der Waals surface area contributed by atoms with Crippen molar-refractivity contribution in [1.82, 2.24) is 9.78 Å². The van der Waals surface area contributed by atoms with Gasteiger partial charge in [0.2, 0.25) is 5.88 Å². The highest BCUT2D eigenvalue weighted by atomic mass is 35.5. The Morgan fingerprint density at radius 1 is 1.18 bits per heavy atom. The lowest BCUT2D eigenvalue weighted by molar-refractivity contribution is 0.446. The van der Waals surface area contributed by atoms with E-state index in [9.17, 15) is 4.39 Å². The lowest BCUT2D eigenvalue weighted by Crippen LogP contribution is -2.02. The van der Waals surface area contributed by atoms with Crippen LogP contribution in [0.25, 0.3) is 5.69 Å². The summed E-state index contributed by atoms with van der Waals surface area (Å²) < 4.78 is 20.5. The number of aryl methyl sites for hydroxylation is 1. The molecule has 4 nitrogen and oxygen atoms in total. The molecule has 0 bridgehead atoms. The topological polar surface area (TPSA) is 53.1 Å². The molecule has 112 valence electrons. The summed E-state index contributed by atoms with van der Waals surface area (Å²) >= 11 is 6.10. The summed E-state index contributed by atoms with van der Waals surface area (Å²) in [7, 11) is 0. The summed E-state index contributed by atoms with van der Waals surface area (Å²) in [6.45, 7) is 1.83. The average molecular weight is 318 g/mol. The Morgan fingerprint density at radius 2 is 1.95 bits per heavy atom. The van der Waals surface area contributed by atoms with Crippen molar-refractivity contribution in [2.24, 2.45) is 0 Å². The Bertz CT molecular complexity index is 832. The molecule has 3 aromatic rings. The van der Waals surface area contributed by atoms with Gasteiger partial charge in [0.15, 0.2) is 5.75 Å². The number of nitrogens with two attached hydrogens (primary N) is 1. The largest absolute Gasteiger partial charge is 0.437 e. The van der Waals surface area contributed by atoms with Gasteiger partial charge in [0, 0.05) is 6.07 Å². The second kappa shape index (κ2) is 5.69. The second-order valence-electron chi connectivity index (χ2n) is 4.77. The molecule has 0 spiro atoms. The molecule has 0 aliphatic rings. The van der Waals surface area contributed by atoms with Gasteiger partial charge in [0.25, 0.3) is 0 Å². The van der Waals surface area contributed by atoms with Crippen LogP contribution in [0.5, 0.6) is 11.6 Å². The van der Waals surface area contributed by atoms with Gasteiger partial charge in [-0.05, 0) is 37.3 Å². The number of rotatable bonds is 3. The first kappa shape index (κ1) is 14.4. The number of hydrogen-bond acceptors (Lipinski definition) is 3. The number of hydrogen-bond donors (Lipinski definition) is 1. The Labute approximate surface area is 131 Å². The summed E-state index contributed by atoms with van der Waals surface area (Å²) in [5.41, 5.74) is 7.66. The predicted molar refractivity (Wildman–Crippen MR) is 84.2 cm³/mol. The van der Waals surface area contributed by atoms with Crippen molar-refractivity contribution in [2.45, 2.75) is 6.92 Å². The molecule has 0 atom stereocenters. The normalized spacial score (nSPS) is 10.7. The van der Waals surface area contributed by atoms with Crippen LogP contribution in [0.3, 0.4) is 0 Å². The smallest absolute Gasteiger partial charge is 0.222 e. The highest BCUT2D eigenvalue weighted by Crippen LogP contribution is 2.31. The number of halogens is 2. The molecule has 0 radical (unpaired) electrons. The van der Waals surface area contributed by atoms with Crippen LogP contribution in [0.15, 0.2) is 48.5 Å². The highest BCUT2D eigenvalue weighted by molar-refractivity contribution is 6.32. The van der Waals surface area contributed by atoms with E-state index in [-0.39, 0.29) is 5.02 Å². The average Bonchev–Trinajstić information content (AvgIpc) is 2.82. The first-order valence-electron chi connectivity index (χ1n) is 6.59. The summed E-state index contributed by atoms with van der Waals surface area (Å²) in [4.78, 5) is 0. The molecular formula is C16H13ClFN3O. The van der Waals surface area contributed by atoms with Crippen LogP contribution >= 0.6 is 11.6 Å². The lowest BCUT2D eigenvalue weighted by Gasteiger charge is -2.11. The minimum atomic E-state index is -0.410. The van der Waals surface area contributed by atoms with Crippen molar-refractivity contribution in [3.63, 3.8) is 0 Å². The zero-order valence-electron chi connectivity index (χ0n) is 11.8. The van der Waals surface area contributed by atoms with Crippen LogP contribution in [0.2, 0.25) is 5.02 Å². The maximum Gasteiger partial charge on any atom is 0.222 e. The van der Waals surface area contributed by atoms with E-state index in [2.05, 4.69) is 5.10 Å². The number of nitrogen functional groups attached to an aromatic ring is 1. The molecule has 1 heterocycles. The van der Waals surface area contributed by atoms with Gasteiger partial charge in [-0.1, -0.05) is 23.7 Å². The van der Waals surface area contributed by atoms with Crippen molar-refractivity contribution in [2.75, 3.05) is 5.73 Å². The van der Waals surface area contributed by atoms with Gasteiger partial charge >= 0.3 is 0 Å². The number of benzene rings is 2. The van der Waals surface area contributed by atoms with Gasteiger partial charge in [0.05, 0.1) is 22.1 Å². The number of para-hydroxylation sites is 2. The molecular weight excluding hydrogens is 305 g/mol. The SMILES string of the molecule is Cc1cc(Oc2ccccc2N)n(-c2ccc(F)cc2Cl)n1. The van der Waals surface area contributed by atoms with Crippen LogP contribution in [-0.4, -0.2) is 9.78 Å². The third kappa shape index (κ3) is 2.76. The Kier molecular flexibility index (Phi) is 3.73. The molecule has 2 aromatic carbocycles. The number of anilines is 1. The van der Waals surface area contributed by atoms with E-state index in [1.165, 1.54) is 16.8 Å². The molecule has 0 aliphatic heterocycles. The van der Waals surface area contributed by atoms with Crippen LogP contribution in [-0.2, 0) is 0 Å². The van der Waals surface area contributed by atoms with Gasteiger partial charge in [-0.3, -0.25) is 0 Å². The Morgan fingerprint density at radius 3 is 2.68 bits per heavy atom. The molecule has 22 heavy (non-hydrogen) atoms. The van der Waals surface area contributed by atoms with E-state index >= 15 is 0 Å². The maximum atomic E-state index is 13.2. The van der Waals surface area contributed by atoms with E-state index in [1.807, 2.05) is 19.1 Å². The molecule has 0 unspecified atom stereocenters. The van der Waals surface area contributed by atoms with Gasteiger partial charge < -0.3 is 10.5 Å². The van der Waals surface area contributed by atoms with E-state index in [0.717, 1.165) is 5.69 Å². The fourth-order valence-corrected chi connectivity index (χ4v) is 2.31. The fourth-order valence-electron chi connectivity index (χ4n) is 2.06. The zero-order valence-corrected chi connectivity index (χ0v) is 12.5. The molecule has 2 N–H and O–H groups in total. The molecule has 0 saturated heterocycles. The van der Waals surface area contributed by atoms with Crippen LogP contribution < -0.4 is 10.5 Å². The van der Waals surface area contributed by atoms with Crippen molar-refractivity contribution in [1.29, 1.82) is 0 Å². The van der Waals surface area contributed by atoms with E-state index in [1.54, 1.807) is 24.3 Å². The summed E-state index contributed by atoms with van der Waals surface area (Å²) in [5, 5.41) is 4.59. The van der Waals surface area contributed by atoms with Crippen LogP contribution in [0.4, 0.5) is 10.1 Å². The van der Waals surface area contributed by atoms with Crippen molar-refractivity contribution >= 4 is 17.3 Å². The lowest BCUT2D eigenvalue weighted by atomic mass is 10.3. The molecule has 1 aromatic heterocycles. The second-order valence-corrected chi connectivity index (χ2v) is 5.18. The first-order valence-corrected chi connectivity index (χ1v) is 6.97. The minimum absolute atomic E-state index is 0.244. The van der Waals surface area contributed by atoms with Crippen molar-refractivity contribution < 1.29 is 9.13 Å². The molecule has 0 amide bonds. The van der Waals surface area contributed by atoms with Crippen molar-refractivity contribution in [3.05, 3.63) is 65.1 Å². The summed E-state index contributed by atoms with van der Waals surface area (Å²) in [5.74, 6) is 0.554. The summed E-state index contributed by atoms with van der Waals surface area (Å²) in [6, 6.07) is 13.0. The molecule has 6 heteroatoms. The molecule has 0 saturated carbocycles. The molecule has 0 aliphatic carbocycles. The standard InChI is InChI=1S/C16H13ClFN3O/c1-10-8-16(22-15-5-3-2-4-13(15)19)21(20-10)14-7-6-11(18)9-12(14)17/h2-9H,19H2,1H3. The first-order chi connectivity index (χ1) is 10.5. The third-order valence-corrected chi connectivity index (χ3v) is 3.37.